The molecule has 1 fully saturated rings. The van der Waals surface area contributed by atoms with Crippen molar-refractivity contribution in [3.8, 4) is 0 Å². The van der Waals surface area contributed by atoms with Crippen LogP contribution in [0.4, 0.5) is 0 Å². The molecule has 4 heteroatoms. The van der Waals surface area contributed by atoms with Gasteiger partial charge in [-0.25, -0.2) is 0 Å². The number of carbonyl (C=O) groups excluding carboxylic acids is 1. The van der Waals surface area contributed by atoms with E-state index in [1.165, 1.54) is 5.56 Å². The molecule has 1 aromatic carbocycles. The van der Waals surface area contributed by atoms with Crippen molar-refractivity contribution < 1.29 is 4.79 Å². The quantitative estimate of drug-likeness (QED) is 0.856. The SMILES string of the molecule is CN1CCC(N(C)Cc2ccccc2CN)C1=O. The van der Waals surface area contributed by atoms with Gasteiger partial charge in [-0.15, -0.1) is 0 Å². The van der Waals surface area contributed by atoms with Gasteiger partial charge in [-0.05, 0) is 24.6 Å². The van der Waals surface area contributed by atoms with Crippen LogP contribution in [0.25, 0.3) is 0 Å². The molecule has 0 aromatic heterocycles. The first-order valence-corrected chi connectivity index (χ1v) is 6.35. The van der Waals surface area contributed by atoms with Crippen molar-refractivity contribution in [1.82, 2.24) is 9.80 Å². The number of likely N-dealkylation sites (N-methyl/N-ethyl adjacent to an activating group) is 2. The molecular weight excluding hydrogens is 226 g/mol. The van der Waals surface area contributed by atoms with Gasteiger partial charge in [-0.2, -0.15) is 0 Å². The summed E-state index contributed by atoms with van der Waals surface area (Å²) in [5.74, 6) is 0.225. The molecule has 1 heterocycles. The highest BCUT2D eigenvalue weighted by molar-refractivity contribution is 5.83. The third-order valence-corrected chi connectivity index (χ3v) is 3.69. The summed E-state index contributed by atoms with van der Waals surface area (Å²) < 4.78 is 0. The summed E-state index contributed by atoms with van der Waals surface area (Å²) in [6, 6.07) is 8.17. The normalized spacial score (nSPS) is 19.9. The van der Waals surface area contributed by atoms with E-state index in [2.05, 4.69) is 11.0 Å². The number of carbonyl (C=O) groups is 1. The van der Waals surface area contributed by atoms with Gasteiger partial charge in [0.2, 0.25) is 5.91 Å². The Morgan fingerprint density at radius 2 is 2.06 bits per heavy atom. The van der Waals surface area contributed by atoms with E-state index in [1.807, 2.05) is 32.3 Å². The molecule has 1 aliphatic rings. The predicted octanol–water partition coefficient (Wildman–Crippen LogP) is 0.808. The van der Waals surface area contributed by atoms with Gasteiger partial charge < -0.3 is 10.6 Å². The Kier molecular flexibility index (Phi) is 3.99. The van der Waals surface area contributed by atoms with E-state index >= 15 is 0 Å². The van der Waals surface area contributed by atoms with E-state index in [9.17, 15) is 4.79 Å². The van der Waals surface area contributed by atoms with Crippen LogP contribution < -0.4 is 5.73 Å². The smallest absolute Gasteiger partial charge is 0.239 e. The van der Waals surface area contributed by atoms with Gasteiger partial charge in [-0.1, -0.05) is 24.3 Å². The lowest BCUT2D eigenvalue weighted by Gasteiger charge is -2.23. The molecule has 0 aliphatic carbocycles. The monoisotopic (exact) mass is 247 g/mol. The summed E-state index contributed by atoms with van der Waals surface area (Å²) in [5.41, 5.74) is 8.10. The molecule has 4 nitrogen and oxygen atoms in total. The molecule has 1 atom stereocenters. The molecule has 0 spiro atoms. The first kappa shape index (κ1) is 13.1. The van der Waals surface area contributed by atoms with Crippen molar-refractivity contribution in [3.05, 3.63) is 35.4 Å². The lowest BCUT2D eigenvalue weighted by Crippen LogP contribution is -2.38. The van der Waals surface area contributed by atoms with Crippen LogP contribution in [0.2, 0.25) is 0 Å². The third kappa shape index (κ3) is 2.54. The topological polar surface area (TPSA) is 49.6 Å². The van der Waals surface area contributed by atoms with E-state index in [0.29, 0.717) is 6.54 Å². The minimum absolute atomic E-state index is 0.0147. The maximum Gasteiger partial charge on any atom is 0.239 e. The number of benzene rings is 1. The summed E-state index contributed by atoms with van der Waals surface area (Å²) in [6.07, 6.45) is 0.913. The van der Waals surface area contributed by atoms with Crippen LogP contribution >= 0.6 is 0 Å². The highest BCUT2D eigenvalue weighted by Crippen LogP contribution is 2.18. The fourth-order valence-corrected chi connectivity index (χ4v) is 2.50. The fourth-order valence-electron chi connectivity index (χ4n) is 2.50. The Morgan fingerprint density at radius 1 is 1.39 bits per heavy atom. The average molecular weight is 247 g/mol. The molecule has 1 unspecified atom stereocenters. The fraction of sp³-hybridized carbons (Fsp3) is 0.500. The largest absolute Gasteiger partial charge is 0.344 e. The zero-order valence-electron chi connectivity index (χ0n) is 11.1. The summed E-state index contributed by atoms with van der Waals surface area (Å²) in [7, 11) is 3.87. The lowest BCUT2D eigenvalue weighted by molar-refractivity contribution is -0.130. The molecule has 0 radical (unpaired) electrons. The van der Waals surface area contributed by atoms with Gasteiger partial charge in [0.1, 0.15) is 0 Å². The maximum absolute atomic E-state index is 12.0. The number of hydrogen-bond acceptors (Lipinski definition) is 3. The van der Waals surface area contributed by atoms with Crippen molar-refractivity contribution >= 4 is 5.91 Å². The van der Waals surface area contributed by atoms with E-state index in [1.54, 1.807) is 4.90 Å². The Hall–Kier alpha value is -1.39. The van der Waals surface area contributed by atoms with Crippen LogP contribution in [0.1, 0.15) is 17.5 Å². The first-order chi connectivity index (χ1) is 8.63. The third-order valence-electron chi connectivity index (χ3n) is 3.69. The second-order valence-corrected chi connectivity index (χ2v) is 4.95. The molecule has 1 aliphatic heterocycles. The Balaban J connectivity index is 2.07. The lowest BCUT2D eigenvalue weighted by atomic mass is 10.1. The number of nitrogens with two attached hydrogens (primary N) is 1. The molecule has 98 valence electrons. The van der Waals surface area contributed by atoms with Crippen LogP contribution in [0, 0.1) is 0 Å². The molecule has 18 heavy (non-hydrogen) atoms. The summed E-state index contributed by atoms with van der Waals surface area (Å²) in [4.78, 5) is 15.9. The summed E-state index contributed by atoms with van der Waals surface area (Å²) >= 11 is 0. The van der Waals surface area contributed by atoms with Gasteiger partial charge in [0.15, 0.2) is 0 Å². The predicted molar refractivity (Wildman–Crippen MR) is 71.8 cm³/mol. The number of rotatable bonds is 4. The standard InChI is InChI=1S/C14H21N3O/c1-16-8-7-13(14(16)18)17(2)10-12-6-4-3-5-11(12)9-15/h3-6,13H,7-10,15H2,1-2H3. The van der Waals surface area contributed by atoms with Gasteiger partial charge in [0, 0.05) is 26.7 Å². The van der Waals surface area contributed by atoms with Crippen molar-refractivity contribution in [1.29, 1.82) is 0 Å². The van der Waals surface area contributed by atoms with E-state index in [-0.39, 0.29) is 11.9 Å². The van der Waals surface area contributed by atoms with E-state index in [0.717, 1.165) is 25.1 Å². The molecule has 2 rings (SSSR count). The summed E-state index contributed by atoms with van der Waals surface area (Å²) in [6.45, 7) is 2.17. The van der Waals surface area contributed by atoms with E-state index < -0.39 is 0 Å². The number of amides is 1. The molecule has 1 amide bonds. The van der Waals surface area contributed by atoms with Crippen LogP contribution in [0.5, 0.6) is 0 Å². The molecule has 2 N–H and O–H groups in total. The minimum Gasteiger partial charge on any atom is -0.344 e. The highest BCUT2D eigenvalue weighted by atomic mass is 16.2. The first-order valence-electron chi connectivity index (χ1n) is 6.35. The van der Waals surface area contributed by atoms with Crippen LogP contribution in [-0.4, -0.2) is 42.4 Å². The van der Waals surface area contributed by atoms with Crippen molar-refractivity contribution in [2.45, 2.75) is 25.6 Å². The van der Waals surface area contributed by atoms with E-state index in [4.69, 9.17) is 5.73 Å². The molecular formula is C14H21N3O. The Morgan fingerprint density at radius 3 is 2.61 bits per heavy atom. The van der Waals surface area contributed by atoms with Gasteiger partial charge in [-0.3, -0.25) is 9.69 Å². The number of likely N-dealkylation sites (tertiary alicyclic amines) is 1. The molecule has 1 saturated heterocycles. The second-order valence-electron chi connectivity index (χ2n) is 4.95. The molecule has 1 aromatic rings. The van der Waals surface area contributed by atoms with Gasteiger partial charge in [0.05, 0.1) is 6.04 Å². The zero-order valence-corrected chi connectivity index (χ0v) is 11.1. The van der Waals surface area contributed by atoms with Crippen LogP contribution in [0.3, 0.4) is 0 Å². The average Bonchev–Trinajstić information content (AvgIpc) is 2.71. The Labute approximate surface area is 108 Å². The summed E-state index contributed by atoms with van der Waals surface area (Å²) in [5, 5.41) is 0. The number of hydrogen-bond donors (Lipinski definition) is 1. The van der Waals surface area contributed by atoms with Gasteiger partial charge in [0.25, 0.3) is 0 Å². The minimum atomic E-state index is 0.0147. The van der Waals surface area contributed by atoms with Crippen LogP contribution in [0.15, 0.2) is 24.3 Å². The van der Waals surface area contributed by atoms with Crippen molar-refractivity contribution in [2.24, 2.45) is 5.73 Å². The highest BCUT2D eigenvalue weighted by Gasteiger charge is 2.32. The second kappa shape index (κ2) is 5.50. The van der Waals surface area contributed by atoms with Crippen molar-refractivity contribution in [3.63, 3.8) is 0 Å². The van der Waals surface area contributed by atoms with Crippen molar-refractivity contribution in [2.75, 3.05) is 20.6 Å². The maximum atomic E-state index is 12.0. The zero-order chi connectivity index (χ0) is 13.1. The molecule has 0 bridgehead atoms. The Bertz CT molecular complexity index is 433. The number of nitrogens with zero attached hydrogens (tertiary/aromatic N) is 2. The van der Waals surface area contributed by atoms with Crippen LogP contribution in [-0.2, 0) is 17.9 Å². The van der Waals surface area contributed by atoms with Gasteiger partial charge >= 0.3 is 0 Å². The molecule has 0 saturated carbocycles.